The van der Waals surface area contributed by atoms with E-state index >= 15 is 0 Å². The third-order valence-electron chi connectivity index (χ3n) is 3.61. The third kappa shape index (κ3) is 3.02. The average Bonchev–Trinajstić information content (AvgIpc) is 2.34. The van der Waals surface area contributed by atoms with Gasteiger partial charge in [-0.15, -0.1) is 0 Å². The third-order valence-corrected chi connectivity index (χ3v) is 4.10. The second-order valence-electron chi connectivity index (χ2n) is 4.93. The van der Waals surface area contributed by atoms with Gasteiger partial charge in [0.05, 0.1) is 4.92 Å². The minimum atomic E-state index is -0.333. The van der Waals surface area contributed by atoms with Gasteiger partial charge < -0.3 is 5.32 Å². The molecule has 0 spiro atoms. The van der Waals surface area contributed by atoms with Crippen LogP contribution in [-0.4, -0.2) is 11.0 Å². The molecule has 0 heterocycles. The first-order valence-corrected chi connectivity index (χ1v) is 7.07. The lowest BCUT2D eigenvalue weighted by Gasteiger charge is -2.30. The standard InChI is InChI=1S/C13H17BrN2O2/c1-9-4-2-3-5-11(9)15-12-7-6-10(14)8-13(12)16(17)18/h6-9,11,15H,2-5H2,1H3. The number of nitro benzene ring substituents is 1. The van der Waals surface area contributed by atoms with Crippen LogP contribution in [0.5, 0.6) is 0 Å². The fourth-order valence-corrected chi connectivity index (χ4v) is 2.86. The number of nitrogens with one attached hydrogen (secondary N) is 1. The van der Waals surface area contributed by atoms with E-state index in [0.29, 0.717) is 17.6 Å². The van der Waals surface area contributed by atoms with Crippen LogP contribution in [-0.2, 0) is 0 Å². The van der Waals surface area contributed by atoms with Crippen molar-refractivity contribution in [2.24, 2.45) is 5.92 Å². The van der Waals surface area contributed by atoms with E-state index in [9.17, 15) is 10.1 Å². The molecule has 1 aliphatic carbocycles. The van der Waals surface area contributed by atoms with E-state index in [0.717, 1.165) is 10.9 Å². The highest BCUT2D eigenvalue weighted by molar-refractivity contribution is 9.10. The van der Waals surface area contributed by atoms with E-state index in [4.69, 9.17) is 0 Å². The van der Waals surface area contributed by atoms with Gasteiger partial charge in [0.25, 0.3) is 5.69 Å². The molecule has 1 saturated carbocycles. The van der Waals surface area contributed by atoms with Gasteiger partial charge in [-0.2, -0.15) is 0 Å². The molecular weight excluding hydrogens is 296 g/mol. The van der Waals surface area contributed by atoms with E-state index in [-0.39, 0.29) is 10.6 Å². The molecule has 0 amide bonds. The average molecular weight is 313 g/mol. The lowest BCUT2D eigenvalue weighted by Crippen LogP contribution is -2.30. The molecule has 1 fully saturated rings. The minimum Gasteiger partial charge on any atom is -0.376 e. The molecule has 0 aromatic heterocycles. The molecule has 5 heteroatoms. The molecule has 1 aromatic rings. The van der Waals surface area contributed by atoms with E-state index in [2.05, 4.69) is 28.2 Å². The van der Waals surface area contributed by atoms with Crippen LogP contribution in [0.4, 0.5) is 11.4 Å². The highest BCUT2D eigenvalue weighted by Crippen LogP contribution is 2.32. The first-order chi connectivity index (χ1) is 8.58. The van der Waals surface area contributed by atoms with Crippen molar-refractivity contribution >= 4 is 27.3 Å². The number of nitrogens with zero attached hydrogens (tertiary/aromatic N) is 1. The predicted molar refractivity (Wildman–Crippen MR) is 75.8 cm³/mol. The molecule has 0 bridgehead atoms. The first kappa shape index (κ1) is 13.3. The summed E-state index contributed by atoms with van der Waals surface area (Å²) in [6, 6.07) is 5.51. The van der Waals surface area contributed by atoms with Crippen molar-refractivity contribution in [1.82, 2.24) is 0 Å². The number of nitro groups is 1. The number of hydrogen-bond donors (Lipinski definition) is 1. The lowest BCUT2D eigenvalue weighted by molar-refractivity contribution is -0.384. The Morgan fingerprint density at radius 2 is 2.11 bits per heavy atom. The Balaban J connectivity index is 2.20. The normalized spacial score (nSPS) is 23.7. The molecule has 1 aromatic carbocycles. The Kier molecular flexibility index (Phi) is 4.22. The zero-order valence-corrected chi connectivity index (χ0v) is 11.9. The van der Waals surface area contributed by atoms with Gasteiger partial charge in [0.15, 0.2) is 0 Å². The first-order valence-electron chi connectivity index (χ1n) is 6.28. The van der Waals surface area contributed by atoms with Crippen LogP contribution in [0.25, 0.3) is 0 Å². The number of anilines is 1. The summed E-state index contributed by atoms with van der Waals surface area (Å²) >= 11 is 3.27. The van der Waals surface area contributed by atoms with Crippen LogP contribution in [0.2, 0.25) is 0 Å². The highest BCUT2D eigenvalue weighted by Gasteiger charge is 2.24. The summed E-state index contributed by atoms with van der Waals surface area (Å²) in [5, 5.41) is 14.4. The fraction of sp³-hybridized carbons (Fsp3) is 0.538. The number of rotatable bonds is 3. The summed E-state index contributed by atoms with van der Waals surface area (Å²) in [5.74, 6) is 0.571. The Hall–Kier alpha value is -1.10. The predicted octanol–water partition coefficient (Wildman–Crippen LogP) is 4.35. The van der Waals surface area contributed by atoms with E-state index < -0.39 is 0 Å². The molecule has 0 aliphatic heterocycles. The molecule has 18 heavy (non-hydrogen) atoms. The molecule has 2 atom stereocenters. The van der Waals surface area contributed by atoms with Crippen molar-refractivity contribution in [1.29, 1.82) is 0 Å². The zero-order chi connectivity index (χ0) is 13.1. The van der Waals surface area contributed by atoms with E-state index in [1.54, 1.807) is 12.1 Å². The van der Waals surface area contributed by atoms with Crippen molar-refractivity contribution < 1.29 is 4.92 Å². The summed E-state index contributed by atoms with van der Waals surface area (Å²) in [7, 11) is 0. The molecule has 4 nitrogen and oxygen atoms in total. The van der Waals surface area contributed by atoms with E-state index in [1.165, 1.54) is 19.3 Å². The maximum absolute atomic E-state index is 11.0. The number of benzene rings is 1. The Labute approximate surface area is 115 Å². The van der Waals surface area contributed by atoms with Gasteiger partial charge in [0.1, 0.15) is 5.69 Å². The van der Waals surface area contributed by atoms with Gasteiger partial charge in [-0.25, -0.2) is 0 Å². The second kappa shape index (κ2) is 5.69. The molecule has 1 aliphatic rings. The van der Waals surface area contributed by atoms with Gasteiger partial charge in [-0.3, -0.25) is 10.1 Å². The largest absolute Gasteiger partial charge is 0.376 e. The maximum atomic E-state index is 11.0. The van der Waals surface area contributed by atoms with Gasteiger partial charge in [0, 0.05) is 16.6 Å². The summed E-state index contributed by atoms with van der Waals surface area (Å²) in [6.45, 7) is 2.21. The van der Waals surface area contributed by atoms with Crippen molar-refractivity contribution in [3.63, 3.8) is 0 Å². The summed E-state index contributed by atoms with van der Waals surface area (Å²) in [4.78, 5) is 10.7. The zero-order valence-electron chi connectivity index (χ0n) is 10.4. The van der Waals surface area contributed by atoms with Gasteiger partial charge in [-0.1, -0.05) is 35.7 Å². The van der Waals surface area contributed by atoms with Crippen LogP contribution in [0.1, 0.15) is 32.6 Å². The second-order valence-corrected chi connectivity index (χ2v) is 5.85. The molecule has 2 rings (SSSR count). The van der Waals surface area contributed by atoms with E-state index in [1.807, 2.05) is 6.07 Å². The molecule has 0 saturated heterocycles. The fourth-order valence-electron chi connectivity index (χ4n) is 2.51. The van der Waals surface area contributed by atoms with Gasteiger partial charge in [0.2, 0.25) is 0 Å². The maximum Gasteiger partial charge on any atom is 0.293 e. The van der Waals surface area contributed by atoms with Crippen LogP contribution < -0.4 is 5.32 Å². The van der Waals surface area contributed by atoms with Crippen molar-refractivity contribution in [2.75, 3.05) is 5.32 Å². The summed E-state index contributed by atoms with van der Waals surface area (Å²) in [6.07, 6.45) is 4.75. The van der Waals surface area contributed by atoms with Gasteiger partial charge >= 0.3 is 0 Å². The summed E-state index contributed by atoms with van der Waals surface area (Å²) < 4.78 is 0.733. The minimum absolute atomic E-state index is 0.141. The Morgan fingerprint density at radius 3 is 2.78 bits per heavy atom. The number of halogens is 1. The summed E-state index contributed by atoms with van der Waals surface area (Å²) in [5.41, 5.74) is 0.768. The molecule has 1 N–H and O–H groups in total. The topological polar surface area (TPSA) is 55.2 Å². The van der Waals surface area contributed by atoms with Crippen LogP contribution >= 0.6 is 15.9 Å². The SMILES string of the molecule is CC1CCCCC1Nc1ccc(Br)cc1[N+](=O)[O-]. The molecule has 2 unspecified atom stereocenters. The monoisotopic (exact) mass is 312 g/mol. The Bertz CT molecular complexity index is 451. The van der Waals surface area contributed by atoms with Crippen molar-refractivity contribution in [3.8, 4) is 0 Å². The van der Waals surface area contributed by atoms with Gasteiger partial charge in [-0.05, 0) is 30.9 Å². The smallest absolute Gasteiger partial charge is 0.293 e. The van der Waals surface area contributed by atoms with Crippen LogP contribution in [0.15, 0.2) is 22.7 Å². The molecule has 98 valence electrons. The quantitative estimate of drug-likeness (QED) is 0.667. The van der Waals surface area contributed by atoms with Crippen LogP contribution in [0.3, 0.4) is 0 Å². The lowest BCUT2D eigenvalue weighted by atomic mass is 9.86. The Morgan fingerprint density at radius 1 is 1.39 bits per heavy atom. The van der Waals surface area contributed by atoms with Crippen molar-refractivity contribution in [2.45, 2.75) is 38.6 Å². The number of hydrogen-bond acceptors (Lipinski definition) is 3. The van der Waals surface area contributed by atoms with Crippen LogP contribution in [0, 0.1) is 16.0 Å². The van der Waals surface area contributed by atoms with Crippen molar-refractivity contribution in [3.05, 3.63) is 32.8 Å². The molecule has 0 radical (unpaired) electrons. The molecular formula is C13H17BrN2O2. The highest BCUT2D eigenvalue weighted by atomic mass is 79.9.